The molecule has 0 radical (unpaired) electrons. The number of anilines is 1. The fourth-order valence-corrected chi connectivity index (χ4v) is 6.87. The lowest BCUT2D eigenvalue weighted by Crippen LogP contribution is -2.37. The number of hydrogen-bond donors (Lipinski definition) is 3. The van der Waals surface area contributed by atoms with Crippen LogP contribution in [0.25, 0.3) is 11.2 Å². The summed E-state index contributed by atoms with van der Waals surface area (Å²) in [5, 5.41) is 11.2. The summed E-state index contributed by atoms with van der Waals surface area (Å²) in [7, 11) is -4.20. The summed E-state index contributed by atoms with van der Waals surface area (Å²) in [6.45, 7) is 4.43. The molecule has 1 aromatic carbocycles. The van der Waals surface area contributed by atoms with Gasteiger partial charge in [0.1, 0.15) is 28.8 Å². The van der Waals surface area contributed by atoms with Gasteiger partial charge in [-0.25, -0.2) is 13.9 Å². The second kappa shape index (κ2) is 11.7. The zero-order valence-electron chi connectivity index (χ0n) is 20.6. The molecule has 38 heavy (non-hydrogen) atoms. The number of esters is 1. The topological polar surface area (TPSA) is 164 Å². The van der Waals surface area contributed by atoms with Crippen LogP contribution in [-0.4, -0.2) is 66.9 Å². The number of nitrogen functional groups attached to an aromatic ring is 1. The van der Waals surface area contributed by atoms with E-state index in [1.807, 2.05) is 0 Å². The van der Waals surface area contributed by atoms with Crippen molar-refractivity contribution in [3.8, 4) is 5.75 Å². The largest absolute Gasteiger partial charge is 0.462 e. The number of hydrogen-bond acceptors (Lipinski definition) is 11. The first kappa shape index (κ1) is 28.5. The smallest absolute Gasteiger partial charge is 0.459 e. The molecule has 3 aromatic rings. The molecule has 3 heterocycles. The standard InChI is InChI=1S/C22H27ClFN6O6PS/c1-11(2)35-21(32)12(3)29-37(33,36-13-7-5-4-6-8-13)34-9-14-17(31)15(24)20(38-14)30-10-26-16-18(25)27-22(23)28-19(16)30/h4-8,10-12,14-15,17,20,31H,9H2,1-3H3,(H,29,33)(H2,25,27,28)/t12?,14-,15+,17-,20-,37+/m1/s1. The maximum atomic E-state index is 15.3. The van der Waals surface area contributed by atoms with Crippen LogP contribution in [0.1, 0.15) is 26.1 Å². The van der Waals surface area contributed by atoms with Gasteiger partial charge < -0.3 is 20.1 Å². The maximum Gasteiger partial charge on any atom is 0.459 e. The molecule has 206 valence electrons. The number of ether oxygens (including phenoxy) is 1. The van der Waals surface area contributed by atoms with Crippen LogP contribution in [0, 0.1) is 0 Å². The molecule has 4 rings (SSSR count). The van der Waals surface area contributed by atoms with Gasteiger partial charge in [-0.3, -0.25) is 13.9 Å². The summed E-state index contributed by atoms with van der Waals surface area (Å²) in [6, 6.07) is 7.15. The van der Waals surface area contributed by atoms with E-state index in [2.05, 4.69) is 20.0 Å². The van der Waals surface area contributed by atoms with Crippen molar-refractivity contribution in [2.24, 2.45) is 0 Å². The van der Waals surface area contributed by atoms with E-state index in [-0.39, 0.29) is 40.7 Å². The van der Waals surface area contributed by atoms with Crippen molar-refractivity contribution < 1.29 is 32.6 Å². The summed E-state index contributed by atoms with van der Waals surface area (Å²) in [5.41, 5.74) is 6.28. The lowest BCUT2D eigenvalue weighted by atomic mass is 10.1. The van der Waals surface area contributed by atoms with Crippen molar-refractivity contribution in [2.75, 3.05) is 12.3 Å². The van der Waals surface area contributed by atoms with Crippen LogP contribution in [-0.2, 0) is 18.6 Å². The number of benzene rings is 1. The Bertz CT molecular complexity index is 1340. The first-order chi connectivity index (χ1) is 18.0. The summed E-state index contributed by atoms with van der Waals surface area (Å²) in [6.07, 6.45) is -2.31. The molecule has 0 bridgehead atoms. The number of fused-ring (bicyclic) bond motifs is 1. The Kier molecular flexibility index (Phi) is 8.80. The Hall–Kier alpha value is -2.48. The van der Waals surface area contributed by atoms with E-state index in [0.717, 1.165) is 11.8 Å². The van der Waals surface area contributed by atoms with Gasteiger partial charge in [-0.05, 0) is 44.5 Å². The molecular weight excluding hydrogens is 562 g/mol. The minimum absolute atomic E-state index is 0.0350. The second-order valence-corrected chi connectivity index (χ2v) is 12.1. The number of aliphatic hydroxyl groups excluding tert-OH is 1. The zero-order valence-corrected chi connectivity index (χ0v) is 23.1. The Morgan fingerprint density at radius 2 is 2.03 bits per heavy atom. The van der Waals surface area contributed by atoms with E-state index >= 15 is 4.39 Å². The van der Waals surface area contributed by atoms with Crippen LogP contribution >= 0.6 is 31.1 Å². The number of halogens is 2. The average Bonchev–Trinajstić information content (AvgIpc) is 3.39. The van der Waals surface area contributed by atoms with Crippen molar-refractivity contribution in [3.05, 3.63) is 41.9 Å². The zero-order chi connectivity index (χ0) is 27.6. The lowest BCUT2D eigenvalue weighted by Gasteiger charge is -2.25. The molecule has 0 spiro atoms. The van der Waals surface area contributed by atoms with Crippen LogP contribution in [0.4, 0.5) is 10.2 Å². The predicted octanol–water partition coefficient (Wildman–Crippen LogP) is 3.51. The Morgan fingerprint density at radius 1 is 1.32 bits per heavy atom. The maximum absolute atomic E-state index is 15.3. The first-order valence-electron chi connectivity index (χ1n) is 11.6. The predicted molar refractivity (Wildman–Crippen MR) is 141 cm³/mol. The van der Waals surface area contributed by atoms with Crippen molar-refractivity contribution in [3.63, 3.8) is 0 Å². The molecule has 2 aromatic heterocycles. The van der Waals surface area contributed by atoms with Gasteiger partial charge in [0, 0.05) is 0 Å². The number of nitrogens with two attached hydrogens (primary N) is 1. The average molecular weight is 589 g/mol. The van der Waals surface area contributed by atoms with Crippen molar-refractivity contribution in [2.45, 2.75) is 55.8 Å². The number of thioether (sulfide) groups is 1. The fraction of sp³-hybridized carbons (Fsp3) is 0.455. The molecule has 6 atom stereocenters. The van der Waals surface area contributed by atoms with Crippen LogP contribution in [0.5, 0.6) is 5.75 Å². The van der Waals surface area contributed by atoms with Gasteiger partial charge in [-0.2, -0.15) is 15.1 Å². The first-order valence-corrected chi connectivity index (χ1v) is 14.4. The Balaban J connectivity index is 1.51. The third-order valence-corrected chi connectivity index (χ3v) is 8.77. The third kappa shape index (κ3) is 6.38. The van der Waals surface area contributed by atoms with Gasteiger partial charge in [0.2, 0.25) is 5.28 Å². The number of nitrogens with one attached hydrogen (secondary N) is 1. The summed E-state index contributed by atoms with van der Waals surface area (Å²) in [5.74, 6) is -0.410. The van der Waals surface area contributed by atoms with E-state index in [0.29, 0.717) is 0 Å². The van der Waals surface area contributed by atoms with Gasteiger partial charge >= 0.3 is 13.7 Å². The van der Waals surface area contributed by atoms with Gasteiger partial charge in [0.05, 0.1) is 24.3 Å². The molecule has 1 aliphatic heterocycles. The molecule has 0 aliphatic carbocycles. The molecule has 1 saturated heterocycles. The second-order valence-electron chi connectivity index (χ2n) is 8.74. The number of nitrogens with zero attached hydrogens (tertiary/aromatic N) is 4. The van der Waals surface area contributed by atoms with Gasteiger partial charge in [-0.15, -0.1) is 11.8 Å². The van der Waals surface area contributed by atoms with Crippen LogP contribution in [0.15, 0.2) is 36.7 Å². The molecule has 4 N–H and O–H groups in total. The van der Waals surface area contributed by atoms with E-state index in [1.165, 1.54) is 17.8 Å². The third-order valence-electron chi connectivity index (χ3n) is 5.42. The number of imidazole rings is 1. The number of aromatic nitrogens is 4. The van der Waals surface area contributed by atoms with Crippen LogP contribution < -0.4 is 15.3 Å². The van der Waals surface area contributed by atoms with Crippen molar-refractivity contribution >= 4 is 54.1 Å². The van der Waals surface area contributed by atoms with Gasteiger partial charge in [0.15, 0.2) is 17.6 Å². The number of carbonyl (C=O) groups is 1. The normalized spacial score (nSPS) is 23.9. The van der Waals surface area contributed by atoms with Gasteiger partial charge in [0.25, 0.3) is 0 Å². The van der Waals surface area contributed by atoms with Crippen LogP contribution in [0.2, 0.25) is 5.28 Å². The molecule has 16 heteroatoms. The molecule has 1 unspecified atom stereocenters. The minimum Gasteiger partial charge on any atom is -0.462 e. The fourth-order valence-electron chi connectivity index (χ4n) is 3.67. The summed E-state index contributed by atoms with van der Waals surface area (Å²) < 4.78 is 46.7. The molecular formula is C22H27ClFN6O6PS. The molecule has 12 nitrogen and oxygen atoms in total. The van der Waals surface area contributed by atoms with E-state index in [4.69, 9.17) is 31.1 Å². The SMILES string of the molecule is CC(C)OC(=O)C(C)N[P@](=O)(OC[C@H]1S[C@@H](n2cnc3c(N)nc(Cl)nc32)[C@@H](F)[C@@H]1O)Oc1ccccc1. The monoisotopic (exact) mass is 588 g/mol. The highest BCUT2D eigenvalue weighted by molar-refractivity contribution is 8.00. The van der Waals surface area contributed by atoms with Crippen molar-refractivity contribution in [1.29, 1.82) is 0 Å². The number of carbonyl (C=O) groups excluding carboxylic acids is 1. The quantitative estimate of drug-likeness (QED) is 0.180. The van der Waals surface area contributed by atoms with E-state index in [1.54, 1.807) is 44.2 Å². The van der Waals surface area contributed by atoms with E-state index in [9.17, 15) is 14.5 Å². The summed E-state index contributed by atoms with van der Waals surface area (Å²) >= 11 is 6.94. The minimum atomic E-state index is -4.20. The molecule has 1 fully saturated rings. The Morgan fingerprint density at radius 3 is 2.71 bits per heavy atom. The molecule has 1 aliphatic rings. The number of para-hydroxylation sites is 1. The highest BCUT2D eigenvalue weighted by atomic mass is 35.5. The van der Waals surface area contributed by atoms with Gasteiger partial charge in [-0.1, -0.05) is 18.2 Å². The highest BCUT2D eigenvalue weighted by Crippen LogP contribution is 2.49. The van der Waals surface area contributed by atoms with E-state index < -0.39 is 42.7 Å². The highest BCUT2D eigenvalue weighted by Gasteiger charge is 2.47. The number of aliphatic hydroxyl groups is 1. The number of rotatable bonds is 10. The van der Waals surface area contributed by atoms with Crippen LogP contribution in [0.3, 0.4) is 0 Å². The lowest BCUT2D eigenvalue weighted by molar-refractivity contribution is -0.149. The Labute approximate surface area is 227 Å². The van der Waals surface area contributed by atoms with Crippen molar-refractivity contribution in [1.82, 2.24) is 24.6 Å². The molecule has 0 saturated carbocycles. The summed E-state index contributed by atoms with van der Waals surface area (Å²) in [4.78, 5) is 24.4. The number of alkyl halides is 1. The molecule has 0 amide bonds.